The third-order valence-corrected chi connectivity index (χ3v) is 5.42. The van der Waals surface area contributed by atoms with E-state index in [0.29, 0.717) is 11.3 Å². The molecule has 7 heteroatoms. The standard InChI is InChI=1S/C28H35N3O4/c1-9-21-14-16-22(17-15-21)24(25(32)30-23-18(3)12-11-13-19(23)4)31(10-2)26(33)20(5)29-27(34)35-28(6,7)8/h2,11-17,20,24H,9H2,1,3-8H3,(H,29,34)(H,30,32). The summed E-state index contributed by atoms with van der Waals surface area (Å²) >= 11 is 0. The van der Waals surface area contributed by atoms with E-state index in [1.54, 1.807) is 32.9 Å². The largest absolute Gasteiger partial charge is 0.444 e. The maximum absolute atomic E-state index is 13.6. The summed E-state index contributed by atoms with van der Waals surface area (Å²) in [4.78, 5) is 40.2. The fourth-order valence-electron chi connectivity index (χ4n) is 3.58. The third-order valence-electron chi connectivity index (χ3n) is 5.42. The molecule has 0 spiro atoms. The monoisotopic (exact) mass is 477 g/mol. The van der Waals surface area contributed by atoms with E-state index in [2.05, 4.69) is 16.7 Å². The van der Waals surface area contributed by atoms with Gasteiger partial charge in [0.25, 0.3) is 11.8 Å². The van der Waals surface area contributed by atoms with Crippen molar-refractivity contribution in [2.45, 2.75) is 72.6 Å². The smallest absolute Gasteiger partial charge is 0.408 e. The summed E-state index contributed by atoms with van der Waals surface area (Å²) in [6, 6.07) is 13.3. The highest BCUT2D eigenvalue weighted by Gasteiger charge is 2.34. The summed E-state index contributed by atoms with van der Waals surface area (Å²) in [6.45, 7) is 12.5. The van der Waals surface area contributed by atoms with Crippen LogP contribution in [0, 0.1) is 26.3 Å². The summed E-state index contributed by atoms with van der Waals surface area (Å²) in [5, 5.41) is 5.45. The first kappa shape index (κ1) is 27.5. The second-order valence-corrected chi connectivity index (χ2v) is 9.46. The van der Waals surface area contributed by atoms with Crippen molar-refractivity contribution in [3.05, 3.63) is 64.7 Å². The Morgan fingerprint density at radius 2 is 1.63 bits per heavy atom. The van der Waals surface area contributed by atoms with Crippen LogP contribution >= 0.6 is 0 Å². The molecule has 2 N–H and O–H groups in total. The second kappa shape index (κ2) is 11.6. The van der Waals surface area contributed by atoms with Crippen molar-refractivity contribution in [2.75, 3.05) is 5.32 Å². The second-order valence-electron chi connectivity index (χ2n) is 9.46. The minimum absolute atomic E-state index is 0.456. The van der Waals surface area contributed by atoms with E-state index in [0.717, 1.165) is 28.0 Å². The van der Waals surface area contributed by atoms with Gasteiger partial charge in [-0.15, -0.1) is 0 Å². The molecule has 186 valence electrons. The molecular formula is C28H35N3O4. The zero-order valence-corrected chi connectivity index (χ0v) is 21.6. The average molecular weight is 478 g/mol. The van der Waals surface area contributed by atoms with Gasteiger partial charge in [-0.25, -0.2) is 4.79 Å². The molecule has 0 heterocycles. The fraction of sp³-hybridized carbons (Fsp3) is 0.393. The fourth-order valence-corrected chi connectivity index (χ4v) is 3.58. The van der Waals surface area contributed by atoms with Crippen LogP contribution in [0.3, 0.4) is 0 Å². The van der Waals surface area contributed by atoms with E-state index < -0.39 is 35.6 Å². The van der Waals surface area contributed by atoms with Gasteiger partial charge in [-0.3, -0.25) is 14.5 Å². The molecular weight excluding hydrogens is 442 g/mol. The normalized spacial score (nSPS) is 12.6. The highest BCUT2D eigenvalue weighted by atomic mass is 16.6. The van der Waals surface area contributed by atoms with Crippen LogP contribution in [0.5, 0.6) is 0 Å². The van der Waals surface area contributed by atoms with Crippen LogP contribution < -0.4 is 10.6 Å². The average Bonchev–Trinajstić information content (AvgIpc) is 2.78. The van der Waals surface area contributed by atoms with Gasteiger partial charge in [-0.05, 0) is 70.2 Å². The number of terminal acetylenes is 1. The summed E-state index contributed by atoms with van der Waals surface area (Å²) in [7, 11) is 0. The molecule has 2 rings (SSSR count). The Hall–Kier alpha value is -3.79. The van der Waals surface area contributed by atoms with Crippen molar-refractivity contribution in [1.82, 2.24) is 10.2 Å². The van der Waals surface area contributed by atoms with Crippen molar-refractivity contribution in [1.29, 1.82) is 0 Å². The Kier molecular flexibility index (Phi) is 9.07. The molecule has 3 amide bonds. The summed E-state index contributed by atoms with van der Waals surface area (Å²) in [6.07, 6.45) is 5.84. The van der Waals surface area contributed by atoms with Gasteiger partial charge in [0, 0.05) is 11.7 Å². The zero-order valence-electron chi connectivity index (χ0n) is 21.6. The molecule has 2 aromatic rings. The number of rotatable bonds is 7. The van der Waals surface area contributed by atoms with Crippen molar-refractivity contribution < 1.29 is 19.1 Å². The van der Waals surface area contributed by atoms with Crippen LogP contribution in [0.4, 0.5) is 10.5 Å². The molecule has 2 aromatic carbocycles. The Bertz CT molecular complexity index is 1090. The minimum Gasteiger partial charge on any atom is -0.444 e. The number of alkyl carbamates (subject to hydrolysis) is 1. The highest BCUT2D eigenvalue weighted by molar-refractivity contribution is 6.00. The number of nitrogens with one attached hydrogen (secondary N) is 2. The summed E-state index contributed by atoms with van der Waals surface area (Å²) in [5.41, 5.74) is 3.35. The summed E-state index contributed by atoms with van der Waals surface area (Å²) < 4.78 is 5.24. The number of carbonyl (C=O) groups is 3. The quantitative estimate of drug-likeness (QED) is 0.440. The van der Waals surface area contributed by atoms with Crippen molar-refractivity contribution in [3.8, 4) is 12.5 Å². The van der Waals surface area contributed by atoms with Crippen LogP contribution in [0.15, 0.2) is 42.5 Å². The Morgan fingerprint density at radius 1 is 1.06 bits per heavy atom. The number of hydrogen-bond donors (Lipinski definition) is 2. The molecule has 0 saturated carbocycles. The maximum atomic E-state index is 13.6. The lowest BCUT2D eigenvalue weighted by atomic mass is 10.0. The van der Waals surface area contributed by atoms with Crippen LogP contribution in [0.1, 0.15) is 62.9 Å². The van der Waals surface area contributed by atoms with Gasteiger partial charge in [0.05, 0.1) is 0 Å². The van der Waals surface area contributed by atoms with E-state index in [4.69, 9.17) is 11.2 Å². The van der Waals surface area contributed by atoms with Gasteiger partial charge < -0.3 is 15.4 Å². The number of hydrogen-bond acceptors (Lipinski definition) is 4. The predicted molar refractivity (Wildman–Crippen MR) is 138 cm³/mol. The molecule has 0 radical (unpaired) electrons. The number of nitrogens with zero attached hydrogens (tertiary/aromatic N) is 1. The number of benzene rings is 2. The number of carbonyl (C=O) groups excluding carboxylic acids is 3. The van der Waals surface area contributed by atoms with E-state index in [1.807, 2.05) is 51.1 Å². The van der Waals surface area contributed by atoms with Crippen LogP contribution in [-0.4, -0.2) is 34.5 Å². The van der Waals surface area contributed by atoms with Gasteiger partial charge in [0.1, 0.15) is 17.7 Å². The zero-order chi connectivity index (χ0) is 26.3. The lowest BCUT2D eigenvalue weighted by molar-refractivity contribution is -0.136. The number of aryl methyl sites for hydroxylation is 3. The van der Waals surface area contributed by atoms with Gasteiger partial charge >= 0.3 is 6.09 Å². The molecule has 0 fully saturated rings. The minimum atomic E-state index is -1.11. The van der Waals surface area contributed by atoms with Crippen LogP contribution in [0.2, 0.25) is 0 Å². The molecule has 7 nitrogen and oxygen atoms in total. The molecule has 0 aromatic heterocycles. The first-order valence-corrected chi connectivity index (χ1v) is 11.6. The Morgan fingerprint density at radius 3 is 2.11 bits per heavy atom. The molecule has 0 aliphatic rings. The van der Waals surface area contributed by atoms with Gasteiger partial charge in [-0.2, -0.15) is 0 Å². The molecule has 0 bridgehead atoms. The van der Waals surface area contributed by atoms with E-state index in [1.165, 1.54) is 6.92 Å². The SMILES string of the molecule is C#CN(C(=O)C(C)NC(=O)OC(C)(C)C)C(C(=O)Nc1c(C)cccc1C)c1ccc(CC)cc1. The molecule has 35 heavy (non-hydrogen) atoms. The first-order valence-electron chi connectivity index (χ1n) is 11.6. The molecule has 2 unspecified atom stereocenters. The van der Waals surface area contributed by atoms with E-state index in [9.17, 15) is 14.4 Å². The van der Waals surface area contributed by atoms with Gasteiger partial charge in [-0.1, -0.05) is 55.8 Å². The number of amides is 3. The third kappa shape index (κ3) is 7.35. The Labute approximate surface area is 208 Å². The summed E-state index contributed by atoms with van der Waals surface area (Å²) in [5.74, 6) is -1.07. The maximum Gasteiger partial charge on any atom is 0.408 e. The number of para-hydroxylation sites is 1. The van der Waals surface area contributed by atoms with E-state index >= 15 is 0 Å². The lowest BCUT2D eigenvalue weighted by Crippen LogP contribution is -2.49. The molecule has 0 aliphatic heterocycles. The molecule has 0 aliphatic carbocycles. The van der Waals surface area contributed by atoms with Crippen LogP contribution in [0.25, 0.3) is 0 Å². The van der Waals surface area contributed by atoms with Crippen molar-refractivity contribution in [3.63, 3.8) is 0 Å². The molecule has 0 saturated heterocycles. The first-order chi connectivity index (χ1) is 16.4. The van der Waals surface area contributed by atoms with Gasteiger partial charge in [0.2, 0.25) is 0 Å². The van der Waals surface area contributed by atoms with Crippen LogP contribution in [-0.2, 0) is 20.7 Å². The lowest BCUT2D eigenvalue weighted by Gasteiger charge is -2.29. The molecule has 2 atom stereocenters. The topological polar surface area (TPSA) is 87.7 Å². The van der Waals surface area contributed by atoms with Gasteiger partial charge in [0.15, 0.2) is 0 Å². The highest BCUT2D eigenvalue weighted by Crippen LogP contribution is 2.27. The van der Waals surface area contributed by atoms with Crippen molar-refractivity contribution in [2.24, 2.45) is 0 Å². The van der Waals surface area contributed by atoms with Crippen molar-refractivity contribution >= 4 is 23.6 Å². The number of ether oxygens (including phenoxy) is 1. The predicted octanol–water partition coefficient (Wildman–Crippen LogP) is 4.88. The Balaban J connectivity index is 2.41. The number of anilines is 1. The van der Waals surface area contributed by atoms with E-state index in [-0.39, 0.29) is 0 Å².